The highest BCUT2D eigenvalue weighted by atomic mass is 15.4. The van der Waals surface area contributed by atoms with Gasteiger partial charge in [0, 0.05) is 24.8 Å². The fraction of sp³-hybridized carbons (Fsp3) is 0.667. The molecule has 1 saturated heterocycles. The number of fused-ring (bicyclic) bond motifs is 1. The van der Waals surface area contributed by atoms with Crippen LogP contribution in [0.5, 0.6) is 0 Å². The van der Waals surface area contributed by atoms with Crippen LogP contribution in [-0.4, -0.2) is 45.8 Å². The summed E-state index contributed by atoms with van der Waals surface area (Å²) in [6.45, 7) is 8.66. The Bertz CT molecular complexity index is 585. The fourth-order valence-electron chi connectivity index (χ4n) is 2.99. The Morgan fingerprint density at radius 2 is 2.14 bits per heavy atom. The largest absolute Gasteiger partial charge is 0.356 e. The summed E-state index contributed by atoms with van der Waals surface area (Å²) in [5, 5.41) is 7.84. The van der Waals surface area contributed by atoms with Crippen molar-refractivity contribution in [3.8, 4) is 0 Å². The van der Waals surface area contributed by atoms with Crippen LogP contribution in [0.1, 0.15) is 31.9 Å². The summed E-state index contributed by atoms with van der Waals surface area (Å²) in [6, 6.07) is 2.11. The number of aryl methyl sites for hydroxylation is 1. The Morgan fingerprint density at radius 3 is 2.90 bits per heavy atom. The highest BCUT2D eigenvalue weighted by molar-refractivity contribution is 5.47. The molecule has 0 radical (unpaired) electrons. The maximum Gasteiger partial charge on any atom is 0.254 e. The number of anilines is 1. The first kappa shape index (κ1) is 14.3. The number of nitrogens with one attached hydrogen (secondary N) is 1. The zero-order valence-corrected chi connectivity index (χ0v) is 12.9. The van der Waals surface area contributed by atoms with Gasteiger partial charge in [-0.05, 0) is 45.2 Å². The topological polar surface area (TPSA) is 58.3 Å². The third-order valence-corrected chi connectivity index (χ3v) is 4.16. The maximum absolute atomic E-state index is 4.41. The number of rotatable bonds is 5. The quantitative estimate of drug-likeness (QED) is 0.848. The highest BCUT2D eigenvalue weighted by Gasteiger charge is 2.21. The average molecular weight is 288 g/mol. The predicted octanol–water partition coefficient (Wildman–Crippen LogP) is 1.65. The van der Waals surface area contributed by atoms with E-state index in [1.54, 1.807) is 6.33 Å². The lowest BCUT2D eigenvalue weighted by Gasteiger charge is -2.33. The van der Waals surface area contributed by atoms with Crippen molar-refractivity contribution in [3.63, 3.8) is 0 Å². The van der Waals surface area contributed by atoms with Crippen LogP contribution in [0.15, 0.2) is 12.4 Å². The van der Waals surface area contributed by atoms with E-state index in [-0.39, 0.29) is 0 Å². The van der Waals surface area contributed by atoms with Crippen molar-refractivity contribution >= 4 is 11.6 Å². The van der Waals surface area contributed by atoms with Crippen molar-refractivity contribution in [2.24, 2.45) is 5.92 Å². The van der Waals surface area contributed by atoms with Gasteiger partial charge in [0.1, 0.15) is 12.1 Å². The van der Waals surface area contributed by atoms with Gasteiger partial charge in [0.2, 0.25) is 0 Å². The highest BCUT2D eigenvalue weighted by Crippen LogP contribution is 2.23. The molecule has 0 bridgehead atoms. The van der Waals surface area contributed by atoms with Crippen molar-refractivity contribution in [1.82, 2.24) is 24.9 Å². The monoisotopic (exact) mass is 288 g/mol. The molecular weight excluding hydrogens is 264 g/mol. The molecule has 1 N–H and O–H groups in total. The van der Waals surface area contributed by atoms with E-state index in [1.807, 2.05) is 11.4 Å². The van der Waals surface area contributed by atoms with Gasteiger partial charge in [-0.3, -0.25) is 0 Å². The van der Waals surface area contributed by atoms with E-state index in [2.05, 4.69) is 38.3 Å². The predicted molar refractivity (Wildman–Crippen MR) is 83.6 cm³/mol. The second kappa shape index (κ2) is 6.39. The number of hydrogen-bond donors (Lipinski definition) is 1. The van der Waals surface area contributed by atoms with Crippen molar-refractivity contribution in [3.05, 3.63) is 18.1 Å². The van der Waals surface area contributed by atoms with Gasteiger partial charge in [0.15, 0.2) is 0 Å². The first-order chi connectivity index (χ1) is 10.3. The molecule has 2 aromatic heterocycles. The molecule has 0 saturated carbocycles. The smallest absolute Gasteiger partial charge is 0.254 e. The van der Waals surface area contributed by atoms with E-state index in [0.717, 1.165) is 43.6 Å². The summed E-state index contributed by atoms with van der Waals surface area (Å²) in [4.78, 5) is 11.0. The first-order valence-corrected chi connectivity index (χ1v) is 7.91. The molecule has 0 aromatic carbocycles. The minimum absolute atomic E-state index is 0.691. The van der Waals surface area contributed by atoms with Gasteiger partial charge in [-0.25, -0.2) is 4.98 Å². The summed E-state index contributed by atoms with van der Waals surface area (Å²) >= 11 is 0. The number of hydrogen-bond acceptors (Lipinski definition) is 5. The molecule has 0 spiro atoms. The molecule has 0 unspecified atom stereocenters. The van der Waals surface area contributed by atoms with Crippen LogP contribution < -0.4 is 10.2 Å². The lowest BCUT2D eigenvalue weighted by molar-refractivity contribution is 0.381. The van der Waals surface area contributed by atoms with Crippen LogP contribution in [0.4, 0.5) is 5.82 Å². The molecule has 0 amide bonds. The minimum atomic E-state index is 0.691. The Labute approximate surface area is 125 Å². The lowest BCUT2D eigenvalue weighted by Crippen LogP contribution is -2.38. The molecule has 6 heteroatoms. The molecule has 6 nitrogen and oxygen atoms in total. The summed E-state index contributed by atoms with van der Waals surface area (Å²) in [7, 11) is 0. The zero-order chi connectivity index (χ0) is 14.7. The zero-order valence-electron chi connectivity index (χ0n) is 12.9. The normalized spacial score (nSPS) is 16.8. The molecule has 0 aliphatic carbocycles. The third-order valence-electron chi connectivity index (χ3n) is 4.16. The van der Waals surface area contributed by atoms with Gasteiger partial charge in [-0.2, -0.15) is 14.6 Å². The van der Waals surface area contributed by atoms with Gasteiger partial charge in [-0.15, -0.1) is 0 Å². The molecular formula is C15H24N6. The van der Waals surface area contributed by atoms with Crippen LogP contribution in [0.2, 0.25) is 0 Å². The molecule has 3 heterocycles. The van der Waals surface area contributed by atoms with Crippen LogP contribution in [0, 0.1) is 12.8 Å². The molecule has 3 rings (SSSR count). The Kier molecular flexibility index (Phi) is 4.34. The number of aromatic nitrogens is 4. The van der Waals surface area contributed by atoms with E-state index in [1.165, 1.54) is 19.3 Å². The van der Waals surface area contributed by atoms with Gasteiger partial charge in [0.25, 0.3) is 5.78 Å². The fourth-order valence-corrected chi connectivity index (χ4v) is 2.99. The van der Waals surface area contributed by atoms with Gasteiger partial charge >= 0.3 is 0 Å². The number of piperidine rings is 1. The number of nitrogens with zero attached hydrogens (tertiary/aromatic N) is 5. The third kappa shape index (κ3) is 3.15. The Morgan fingerprint density at radius 1 is 1.33 bits per heavy atom. The maximum atomic E-state index is 4.41. The second-order valence-electron chi connectivity index (χ2n) is 5.86. The Hall–Kier alpha value is -1.69. The second-order valence-corrected chi connectivity index (χ2v) is 5.86. The molecule has 0 atom stereocenters. The molecule has 1 fully saturated rings. The summed E-state index contributed by atoms with van der Waals surface area (Å²) < 4.78 is 1.85. The minimum Gasteiger partial charge on any atom is -0.356 e. The van der Waals surface area contributed by atoms with Crippen molar-refractivity contribution in [2.45, 2.75) is 33.1 Å². The van der Waals surface area contributed by atoms with E-state index in [0.29, 0.717) is 5.78 Å². The van der Waals surface area contributed by atoms with E-state index in [9.17, 15) is 0 Å². The SMILES string of the molecule is CCCNCC1CCN(c2cc(C)nc3ncnn23)CC1. The van der Waals surface area contributed by atoms with Gasteiger partial charge in [0.05, 0.1) is 0 Å². The van der Waals surface area contributed by atoms with E-state index >= 15 is 0 Å². The lowest BCUT2D eigenvalue weighted by atomic mass is 9.97. The van der Waals surface area contributed by atoms with Crippen LogP contribution in [0.25, 0.3) is 5.78 Å². The van der Waals surface area contributed by atoms with E-state index < -0.39 is 0 Å². The summed E-state index contributed by atoms with van der Waals surface area (Å²) in [6.07, 6.45) is 5.24. The molecule has 1 aliphatic heterocycles. The van der Waals surface area contributed by atoms with Gasteiger partial charge in [-0.1, -0.05) is 6.92 Å². The summed E-state index contributed by atoms with van der Waals surface area (Å²) in [5.41, 5.74) is 0.997. The van der Waals surface area contributed by atoms with Gasteiger partial charge < -0.3 is 10.2 Å². The van der Waals surface area contributed by atoms with Crippen molar-refractivity contribution in [1.29, 1.82) is 0 Å². The van der Waals surface area contributed by atoms with Crippen molar-refractivity contribution in [2.75, 3.05) is 31.1 Å². The molecule has 21 heavy (non-hydrogen) atoms. The molecule has 114 valence electrons. The first-order valence-electron chi connectivity index (χ1n) is 7.91. The summed E-state index contributed by atoms with van der Waals surface area (Å²) in [5.74, 6) is 2.61. The van der Waals surface area contributed by atoms with Crippen LogP contribution in [0.3, 0.4) is 0 Å². The van der Waals surface area contributed by atoms with E-state index in [4.69, 9.17) is 0 Å². The molecule has 1 aliphatic rings. The average Bonchev–Trinajstić information content (AvgIpc) is 2.95. The standard InChI is InChI=1S/C15H24N6/c1-3-6-16-10-13-4-7-20(8-5-13)14-9-12(2)19-15-17-11-18-21(14)15/h9,11,13,16H,3-8,10H2,1-2H3. The Balaban J connectivity index is 1.67. The van der Waals surface area contributed by atoms with Crippen LogP contribution >= 0.6 is 0 Å². The van der Waals surface area contributed by atoms with Crippen molar-refractivity contribution < 1.29 is 0 Å². The molecule has 2 aromatic rings. The van der Waals surface area contributed by atoms with Crippen LogP contribution in [-0.2, 0) is 0 Å².